The SMILES string of the molecule is CCNc1cc2ncnc(NCc3ccccc3CN3CCN(Cc4ccc5c(c4)OCO5)CC3)c2cc1[N+](=O)[O-]. The molecule has 2 N–H and O–H groups in total. The van der Waals surface area contributed by atoms with Crippen molar-refractivity contribution in [1.29, 1.82) is 0 Å². The molecule has 2 aliphatic heterocycles. The van der Waals surface area contributed by atoms with Gasteiger partial charge >= 0.3 is 0 Å². The highest BCUT2D eigenvalue weighted by Gasteiger charge is 2.21. The summed E-state index contributed by atoms with van der Waals surface area (Å²) in [5, 5.41) is 18.8. The number of piperazine rings is 1. The molecule has 6 rings (SSSR count). The van der Waals surface area contributed by atoms with E-state index in [1.807, 2.05) is 19.1 Å². The van der Waals surface area contributed by atoms with Crippen molar-refractivity contribution >= 4 is 28.1 Å². The minimum absolute atomic E-state index is 0.00951. The Morgan fingerprint density at radius 3 is 2.44 bits per heavy atom. The molecule has 1 saturated heterocycles. The lowest BCUT2D eigenvalue weighted by Crippen LogP contribution is -2.45. The Hall–Kier alpha value is -4.48. The highest BCUT2D eigenvalue weighted by molar-refractivity contribution is 5.94. The van der Waals surface area contributed by atoms with E-state index in [-0.39, 0.29) is 10.6 Å². The predicted molar refractivity (Wildman–Crippen MR) is 157 cm³/mol. The molecule has 0 spiro atoms. The number of anilines is 2. The van der Waals surface area contributed by atoms with Crippen LogP contribution in [0.2, 0.25) is 0 Å². The molecule has 3 aromatic carbocycles. The fourth-order valence-electron chi connectivity index (χ4n) is 5.42. The van der Waals surface area contributed by atoms with Crippen LogP contribution in [-0.2, 0) is 19.6 Å². The molecule has 1 fully saturated rings. The van der Waals surface area contributed by atoms with Crippen LogP contribution in [0.1, 0.15) is 23.6 Å². The van der Waals surface area contributed by atoms with Gasteiger partial charge in [-0.25, -0.2) is 9.97 Å². The van der Waals surface area contributed by atoms with Crippen molar-refractivity contribution < 1.29 is 14.4 Å². The maximum atomic E-state index is 11.7. The fourth-order valence-corrected chi connectivity index (χ4v) is 5.42. The molecular weight excluding hydrogens is 522 g/mol. The van der Waals surface area contributed by atoms with Crippen LogP contribution in [-0.4, -0.2) is 64.2 Å². The third-order valence-corrected chi connectivity index (χ3v) is 7.58. The fraction of sp³-hybridized carbons (Fsp3) is 0.333. The molecule has 0 saturated carbocycles. The summed E-state index contributed by atoms with van der Waals surface area (Å²) in [6, 6.07) is 17.8. The van der Waals surface area contributed by atoms with E-state index >= 15 is 0 Å². The van der Waals surface area contributed by atoms with E-state index in [2.05, 4.69) is 60.7 Å². The van der Waals surface area contributed by atoms with Gasteiger partial charge in [-0.3, -0.25) is 19.9 Å². The minimum Gasteiger partial charge on any atom is -0.454 e. The molecule has 0 atom stereocenters. The summed E-state index contributed by atoms with van der Waals surface area (Å²) in [5.41, 5.74) is 4.77. The Bertz CT molecular complexity index is 1560. The average Bonchev–Trinajstić information content (AvgIpc) is 3.45. The third-order valence-electron chi connectivity index (χ3n) is 7.58. The Labute approximate surface area is 238 Å². The molecule has 11 heteroatoms. The van der Waals surface area contributed by atoms with Crippen molar-refractivity contribution in [2.75, 3.05) is 50.2 Å². The van der Waals surface area contributed by atoms with Crippen LogP contribution in [0, 0.1) is 10.1 Å². The predicted octanol–water partition coefficient (Wildman–Crippen LogP) is 4.63. The summed E-state index contributed by atoms with van der Waals surface area (Å²) < 4.78 is 11.0. The maximum Gasteiger partial charge on any atom is 0.293 e. The average molecular weight is 556 g/mol. The summed E-state index contributed by atoms with van der Waals surface area (Å²) in [6.07, 6.45) is 1.49. The first kappa shape index (κ1) is 26.7. The number of nitrogens with one attached hydrogen (secondary N) is 2. The second kappa shape index (κ2) is 11.9. The number of nitro benzene ring substituents is 1. The highest BCUT2D eigenvalue weighted by atomic mass is 16.7. The molecule has 212 valence electrons. The lowest BCUT2D eigenvalue weighted by Gasteiger charge is -2.35. The molecule has 1 aromatic heterocycles. The van der Waals surface area contributed by atoms with Crippen molar-refractivity contribution in [3.8, 4) is 11.5 Å². The summed E-state index contributed by atoms with van der Waals surface area (Å²) in [5.74, 6) is 2.23. The topological polar surface area (TPSA) is 118 Å². The number of rotatable bonds is 10. The van der Waals surface area contributed by atoms with Crippen molar-refractivity contribution in [3.63, 3.8) is 0 Å². The summed E-state index contributed by atoms with van der Waals surface area (Å²) >= 11 is 0. The second-order valence-electron chi connectivity index (χ2n) is 10.3. The summed E-state index contributed by atoms with van der Waals surface area (Å²) in [4.78, 5) is 25.0. The molecule has 0 unspecified atom stereocenters. The van der Waals surface area contributed by atoms with Gasteiger partial charge in [0, 0.05) is 63.8 Å². The van der Waals surface area contributed by atoms with Gasteiger partial charge < -0.3 is 20.1 Å². The molecule has 11 nitrogen and oxygen atoms in total. The minimum atomic E-state index is -0.377. The highest BCUT2D eigenvalue weighted by Crippen LogP contribution is 2.34. The van der Waals surface area contributed by atoms with Gasteiger partial charge in [-0.05, 0) is 41.8 Å². The first-order valence-corrected chi connectivity index (χ1v) is 13.9. The number of hydrogen-bond donors (Lipinski definition) is 2. The van der Waals surface area contributed by atoms with Gasteiger partial charge in [0.05, 0.1) is 10.4 Å². The lowest BCUT2D eigenvalue weighted by molar-refractivity contribution is -0.383. The summed E-state index contributed by atoms with van der Waals surface area (Å²) in [6.45, 7) is 9.04. The molecule has 2 aliphatic rings. The summed E-state index contributed by atoms with van der Waals surface area (Å²) in [7, 11) is 0. The zero-order valence-corrected chi connectivity index (χ0v) is 23.0. The molecule has 41 heavy (non-hydrogen) atoms. The third kappa shape index (κ3) is 6.01. The molecule has 4 aromatic rings. The van der Waals surface area contributed by atoms with Crippen LogP contribution in [0.25, 0.3) is 10.9 Å². The van der Waals surface area contributed by atoms with Crippen molar-refractivity contribution in [2.45, 2.75) is 26.6 Å². The van der Waals surface area contributed by atoms with Gasteiger partial charge in [-0.15, -0.1) is 0 Å². The van der Waals surface area contributed by atoms with Gasteiger partial charge in [0.25, 0.3) is 5.69 Å². The van der Waals surface area contributed by atoms with E-state index in [0.717, 1.165) is 50.8 Å². The van der Waals surface area contributed by atoms with Crippen molar-refractivity contribution in [1.82, 2.24) is 19.8 Å². The molecular formula is C30H33N7O4. The Balaban J connectivity index is 1.09. The Morgan fingerprint density at radius 2 is 1.66 bits per heavy atom. The number of nitrogens with zero attached hydrogens (tertiary/aromatic N) is 5. The van der Waals surface area contributed by atoms with Crippen LogP contribution in [0.5, 0.6) is 11.5 Å². The maximum absolute atomic E-state index is 11.7. The monoisotopic (exact) mass is 555 g/mol. The largest absolute Gasteiger partial charge is 0.454 e. The van der Waals surface area contributed by atoms with E-state index in [9.17, 15) is 10.1 Å². The number of ether oxygens (including phenoxy) is 2. The first-order valence-electron chi connectivity index (χ1n) is 13.9. The Kier molecular flexibility index (Phi) is 7.79. The zero-order chi connectivity index (χ0) is 28.2. The molecule has 0 aliphatic carbocycles. The van der Waals surface area contributed by atoms with Gasteiger partial charge in [0.15, 0.2) is 11.5 Å². The number of nitro groups is 1. The lowest BCUT2D eigenvalue weighted by atomic mass is 10.1. The molecule has 0 radical (unpaired) electrons. The standard InChI is InChI=1S/C30H33N7O4/c1-2-31-26-15-25-24(14-27(26)37(38)39)30(34-19-33-25)32-16-22-5-3-4-6-23(22)18-36-11-9-35(10-12-36)17-21-7-8-28-29(13-21)41-20-40-28/h3-8,13-15,19,31H,2,9-12,16-18,20H2,1H3,(H,32,33,34). The van der Waals surface area contributed by atoms with Gasteiger partial charge in [-0.2, -0.15) is 0 Å². The van der Waals surface area contributed by atoms with E-state index in [0.29, 0.717) is 42.3 Å². The van der Waals surface area contributed by atoms with Crippen LogP contribution in [0.4, 0.5) is 17.2 Å². The van der Waals surface area contributed by atoms with Crippen LogP contribution in [0.3, 0.4) is 0 Å². The number of benzene rings is 3. The first-order chi connectivity index (χ1) is 20.1. The van der Waals surface area contributed by atoms with Crippen molar-refractivity contribution in [3.05, 3.63) is 87.7 Å². The van der Waals surface area contributed by atoms with Crippen LogP contribution in [0.15, 0.2) is 60.9 Å². The quantitative estimate of drug-likeness (QED) is 0.212. The molecule has 0 bridgehead atoms. The molecule has 0 amide bonds. The number of hydrogen-bond acceptors (Lipinski definition) is 10. The van der Waals surface area contributed by atoms with E-state index in [1.165, 1.54) is 23.0 Å². The Morgan fingerprint density at radius 1 is 0.902 bits per heavy atom. The van der Waals surface area contributed by atoms with Crippen LogP contribution < -0.4 is 20.1 Å². The molecule has 3 heterocycles. The number of fused-ring (bicyclic) bond motifs is 2. The van der Waals surface area contributed by atoms with E-state index in [1.54, 1.807) is 12.1 Å². The van der Waals surface area contributed by atoms with E-state index in [4.69, 9.17) is 9.47 Å². The van der Waals surface area contributed by atoms with Gasteiger partial charge in [0.1, 0.15) is 17.8 Å². The van der Waals surface area contributed by atoms with Gasteiger partial charge in [0.2, 0.25) is 6.79 Å². The van der Waals surface area contributed by atoms with Crippen LogP contribution >= 0.6 is 0 Å². The van der Waals surface area contributed by atoms with Gasteiger partial charge in [-0.1, -0.05) is 30.3 Å². The smallest absolute Gasteiger partial charge is 0.293 e. The second-order valence-corrected chi connectivity index (χ2v) is 10.3. The normalized spacial score (nSPS) is 15.2. The van der Waals surface area contributed by atoms with Crippen molar-refractivity contribution in [2.24, 2.45) is 0 Å². The van der Waals surface area contributed by atoms with E-state index < -0.39 is 0 Å². The number of aromatic nitrogens is 2. The zero-order valence-electron chi connectivity index (χ0n) is 23.0.